The Morgan fingerprint density at radius 3 is 2.94 bits per heavy atom. The summed E-state index contributed by atoms with van der Waals surface area (Å²) in [6.45, 7) is 6.55. The van der Waals surface area contributed by atoms with Gasteiger partial charge >= 0.3 is 0 Å². The quantitative estimate of drug-likeness (QED) is 0.807. The summed E-state index contributed by atoms with van der Waals surface area (Å²) in [5.41, 5.74) is 0.967. The summed E-state index contributed by atoms with van der Waals surface area (Å²) in [7, 11) is 0. The van der Waals surface area contributed by atoms with Crippen LogP contribution in [0, 0.1) is 5.82 Å². The predicted molar refractivity (Wildman–Crippen MR) is 66.7 cm³/mol. The van der Waals surface area contributed by atoms with Gasteiger partial charge in [0.2, 0.25) is 0 Å². The molecule has 0 saturated carbocycles. The largest absolute Gasteiger partial charge is 0.376 e. The summed E-state index contributed by atoms with van der Waals surface area (Å²) in [5, 5.41) is 0.497. The van der Waals surface area contributed by atoms with Crippen LogP contribution in [-0.4, -0.2) is 30.2 Å². The van der Waals surface area contributed by atoms with Crippen LogP contribution in [0.25, 0.3) is 0 Å². The minimum absolute atomic E-state index is 0.241. The fourth-order valence-corrected chi connectivity index (χ4v) is 2.29. The van der Waals surface area contributed by atoms with E-state index in [0.29, 0.717) is 11.1 Å². The summed E-state index contributed by atoms with van der Waals surface area (Å²) in [5.74, 6) is -0.290. The highest BCUT2D eigenvalue weighted by molar-refractivity contribution is 6.31. The second-order valence-electron chi connectivity index (χ2n) is 4.66. The van der Waals surface area contributed by atoms with Gasteiger partial charge in [-0.2, -0.15) is 0 Å². The lowest BCUT2D eigenvalue weighted by molar-refractivity contribution is -0.0526. The number of hydrogen-bond acceptors (Lipinski definition) is 2. The van der Waals surface area contributed by atoms with Gasteiger partial charge in [0.15, 0.2) is 0 Å². The zero-order valence-electron chi connectivity index (χ0n) is 10.1. The molecule has 1 aliphatic rings. The van der Waals surface area contributed by atoms with E-state index < -0.39 is 0 Å². The molecule has 1 aromatic carbocycles. The maximum absolute atomic E-state index is 12.9. The van der Waals surface area contributed by atoms with Crippen LogP contribution in [0.5, 0.6) is 0 Å². The van der Waals surface area contributed by atoms with Gasteiger partial charge in [-0.3, -0.25) is 4.90 Å². The molecule has 1 aliphatic heterocycles. The average Bonchev–Trinajstić information content (AvgIpc) is 2.27. The SMILES string of the molecule is CC1CN(Cc2ccc(F)cc2Cl)C(C)CO1. The lowest BCUT2D eigenvalue weighted by Gasteiger charge is -2.36. The minimum atomic E-state index is -0.290. The third-order valence-corrected chi connectivity index (χ3v) is 3.48. The number of benzene rings is 1. The van der Waals surface area contributed by atoms with Crippen LogP contribution in [0.2, 0.25) is 5.02 Å². The average molecular weight is 258 g/mol. The number of morpholine rings is 1. The monoisotopic (exact) mass is 257 g/mol. The molecule has 1 aromatic rings. The van der Waals surface area contributed by atoms with E-state index in [1.807, 2.05) is 0 Å². The van der Waals surface area contributed by atoms with Crippen LogP contribution in [-0.2, 0) is 11.3 Å². The number of nitrogens with zero attached hydrogens (tertiary/aromatic N) is 1. The van der Waals surface area contributed by atoms with E-state index in [1.54, 1.807) is 6.07 Å². The van der Waals surface area contributed by atoms with Gasteiger partial charge in [-0.15, -0.1) is 0 Å². The van der Waals surface area contributed by atoms with Crippen LogP contribution >= 0.6 is 11.6 Å². The van der Waals surface area contributed by atoms with E-state index in [1.165, 1.54) is 12.1 Å². The van der Waals surface area contributed by atoms with Crippen molar-refractivity contribution in [2.24, 2.45) is 0 Å². The third kappa shape index (κ3) is 3.18. The molecule has 4 heteroatoms. The molecule has 0 aromatic heterocycles. The van der Waals surface area contributed by atoms with E-state index in [2.05, 4.69) is 18.7 Å². The molecular formula is C13H17ClFNO. The number of ether oxygens (including phenoxy) is 1. The summed E-state index contributed by atoms with van der Waals surface area (Å²) < 4.78 is 18.5. The molecule has 0 spiro atoms. The van der Waals surface area contributed by atoms with Crippen LogP contribution in [0.15, 0.2) is 18.2 Å². The Kier molecular flexibility index (Phi) is 4.02. The lowest BCUT2D eigenvalue weighted by Crippen LogP contribution is -2.46. The Bertz CT molecular complexity index is 399. The maximum atomic E-state index is 12.9. The van der Waals surface area contributed by atoms with Crippen molar-refractivity contribution in [3.63, 3.8) is 0 Å². The van der Waals surface area contributed by atoms with Gasteiger partial charge in [-0.05, 0) is 31.5 Å². The molecule has 0 N–H and O–H groups in total. The highest BCUT2D eigenvalue weighted by Crippen LogP contribution is 2.21. The molecule has 2 unspecified atom stereocenters. The van der Waals surface area contributed by atoms with Crippen molar-refractivity contribution in [2.75, 3.05) is 13.2 Å². The van der Waals surface area contributed by atoms with E-state index in [4.69, 9.17) is 16.3 Å². The number of halogens is 2. The normalized spacial score (nSPS) is 26.1. The Morgan fingerprint density at radius 2 is 2.24 bits per heavy atom. The van der Waals surface area contributed by atoms with Gasteiger partial charge in [-0.25, -0.2) is 4.39 Å². The molecule has 1 saturated heterocycles. The van der Waals surface area contributed by atoms with E-state index >= 15 is 0 Å². The molecule has 94 valence electrons. The molecule has 1 heterocycles. The van der Waals surface area contributed by atoms with Gasteiger partial charge in [0, 0.05) is 24.2 Å². The van der Waals surface area contributed by atoms with Crippen molar-refractivity contribution < 1.29 is 9.13 Å². The second-order valence-corrected chi connectivity index (χ2v) is 5.07. The van der Waals surface area contributed by atoms with E-state index in [0.717, 1.165) is 25.3 Å². The van der Waals surface area contributed by atoms with Gasteiger partial charge in [0.25, 0.3) is 0 Å². The molecular weight excluding hydrogens is 241 g/mol. The fourth-order valence-electron chi connectivity index (χ4n) is 2.06. The van der Waals surface area contributed by atoms with Gasteiger partial charge in [0.05, 0.1) is 12.7 Å². The van der Waals surface area contributed by atoms with Gasteiger partial charge in [-0.1, -0.05) is 17.7 Å². The highest BCUT2D eigenvalue weighted by atomic mass is 35.5. The number of rotatable bonds is 2. The second kappa shape index (κ2) is 5.34. The molecule has 1 fully saturated rings. The molecule has 0 bridgehead atoms. The molecule has 0 amide bonds. The molecule has 2 nitrogen and oxygen atoms in total. The molecule has 17 heavy (non-hydrogen) atoms. The Balaban J connectivity index is 2.08. The standard InChI is InChI=1S/C13H17ClFNO/c1-9-8-17-10(2)6-16(9)7-11-3-4-12(15)5-13(11)14/h3-5,9-10H,6-8H2,1-2H3. The minimum Gasteiger partial charge on any atom is -0.376 e. The van der Waals surface area contributed by atoms with Crippen molar-refractivity contribution in [3.05, 3.63) is 34.6 Å². The molecule has 2 rings (SSSR count). The summed E-state index contributed by atoms with van der Waals surface area (Å²) >= 11 is 6.03. The van der Waals surface area contributed by atoms with Gasteiger partial charge < -0.3 is 4.74 Å². The Hall–Kier alpha value is -0.640. The van der Waals surface area contributed by atoms with Crippen molar-refractivity contribution in [3.8, 4) is 0 Å². The first-order valence-corrected chi connectivity index (χ1v) is 6.23. The fraction of sp³-hybridized carbons (Fsp3) is 0.538. The van der Waals surface area contributed by atoms with Crippen molar-refractivity contribution in [1.29, 1.82) is 0 Å². The van der Waals surface area contributed by atoms with Gasteiger partial charge in [0.1, 0.15) is 5.82 Å². The maximum Gasteiger partial charge on any atom is 0.124 e. The van der Waals surface area contributed by atoms with E-state index in [-0.39, 0.29) is 11.9 Å². The van der Waals surface area contributed by atoms with Crippen LogP contribution in [0.3, 0.4) is 0 Å². The molecule has 0 aliphatic carbocycles. The smallest absolute Gasteiger partial charge is 0.124 e. The zero-order chi connectivity index (χ0) is 12.4. The predicted octanol–water partition coefficient (Wildman–Crippen LogP) is 3.09. The third-order valence-electron chi connectivity index (χ3n) is 3.13. The zero-order valence-corrected chi connectivity index (χ0v) is 10.9. The van der Waals surface area contributed by atoms with Crippen LogP contribution in [0.4, 0.5) is 4.39 Å². The first-order chi connectivity index (χ1) is 8.06. The van der Waals surface area contributed by atoms with Crippen LogP contribution < -0.4 is 0 Å². The summed E-state index contributed by atoms with van der Waals surface area (Å²) in [6.07, 6.45) is 0.241. The molecule has 0 radical (unpaired) electrons. The van der Waals surface area contributed by atoms with Crippen molar-refractivity contribution in [2.45, 2.75) is 32.5 Å². The Morgan fingerprint density at radius 1 is 1.47 bits per heavy atom. The first-order valence-electron chi connectivity index (χ1n) is 5.86. The van der Waals surface area contributed by atoms with E-state index in [9.17, 15) is 4.39 Å². The molecule has 2 atom stereocenters. The number of hydrogen-bond donors (Lipinski definition) is 0. The summed E-state index contributed by atoms with van der Waals surface area (Å²) in [4.78, 5) is 2.31. The summed E-state index contributed by atoms with van der Waals surface area (Å²) in [6, 6.07) is 4.94. The Labute approximate surface area is 106 Å². The first kappa shape index (κ1) is 12.8. The van der Waals surface area contributed by atoms with Crippen molar-refractivity contribution in [1.82, 2.24) is 4.90 Å². The van der Waals surface area contributed by atoms with Crippen molar-refractivity contribution >= 4 is 11.6 Å². The highest BCUT2D eigenvalue weighted by Gasteiger charge is 2.23. The topological polar surface area (TPSA) is 12.5 Å². The lowest BCUT2D eigenvalue weighted by atomic mass is 10.1. The van der Waals surface area contributed by atoms with Crippen LogP contribution in [0.1, 0.15) is 19.4 Å².